The van der Waals surface area contributed by atoms with Crippen LogP contribution in [0.3, 0.4) is 0 Å². The highest BCUT2D eigenvalue weighted by Crippen LogP contribution is 2.60. The molecule has 49 heavy (non-hydrogen) atoms. The molecule has 0 amide bonds. The van der Waals surface area contributed by atoms with Crippen LogP contribution in [0.1, 0.15) is 67.6 Å². The summed E-state index contributed by atoms with van der Waals surface area (Å²) in [6.07, 6.45) is 3.34. The number of carboxylic acids is 1. The second-order valence-corrected chi connectivity index (χ2v) is 15.0. The van der Waals surface area contributed by atoms with Crippen molar-refractivity contribution in [2.24, 2.45) is 4.99 Å². The predicted octanol–water partition coefficient (Wildman–Crippen LogP) is 6.05. The molecule has 252 valence electrons. The zero-order valence-electron chi connectivity index (χ0n) is 28.3. The minimum absolute atomic E-state index is 0.0403. The second kappa shape index (κ2) is 10.0. The summed E-state index contributed by atoms with van der Waals surface area (Å²) in [4.78, 5) is 45.9. The lowest BCUT2D eigenvalue weighted by Crippen LogP contribution is -2.44. The molecule has 4 aliphatic rings. The van der Waals surface area contributed by atoms with Crippen molar-refractivity contribution >= 4 is 84.8 Å². The number of phenolic OH excluding ortho intramolecular Hbond substituents is 1. The van der Waals surface area contributed by atoms with Crippen LogP contribution >= 0.6 is 11.8 Å². The number of nitrogens with zero attached hydrogens (tertiary/aromatic N) is 1. The Bertz CT molecular complexity index is 2430. The normalized spacial score (nSPS) is 21.6. The van der Waals surface area contributed by atoms with Crippen LogP contribution in [0.15, 0.2) is 21.5 Å². The molecule has 8 rings (SSSR count). The van der Waals surface area contributed by atoms with E-state index in [0.29, 0.717) is 66.0 Å². The van der Waals surface area contributed by atoms with Crippen LogP contribution in [0.25, 0.3) is 44.2 Å². The molecule has 2 unspecified atom stereocenters. The highest BCUT2D eigenvalue weighted by molar-refractivity contribution is 7.99. The molecule has 4 N–H and O–H groups in total. The smallest absolute Gasteiger partial charge is 0.332 e. The first-order valence-corrected chi connectivity index (χ1v) is 16.9. The number of rotatable bonds is 5. The van der Waals surface area contributed by atoms with Crippen molar-refractivity contribution in [2.75, 3.05) is 44.3 Å². The van der Waals surface area contributed by atoms with Gasteiger partial charge in [-0.2, -0.15) is 0 Å². The van der Waals surface area contributed by atoms with E-state index < -0.39 is 28.7 Å². The molecule has 4 aromatic rings. The van der Waals surface area contributed by atoms with Gasteiger partial charge in [-0.1, -0.05) is 11.6 Å². The van der Waals surface area contributed by atoms with Crippen LogP contribution in [0.4, 0.5) is 11.4 Å². The zero-order chi connectivity index (χ0) is 35.1. The molecule has 11 nitrogen and oxygen atoms in total. The summed E-state index contributed by atoms with van der Waals surface area (Å²) < 4.78 is 18.1. The minimum Gasteiger partial charge on any atom is -0.504 e. The van der Waals surface area contributed by atoms with E-state index in [-0.39, 0.29) is 34.4 Å². The van der Waals surface area contributed by atoms with Crippen molar-refractivity contribution in [1.29, 1.82) is 0 Å². The maximum absolute atomic E-state index is 13.9. The molecule has 2 heterocycles. The standard InChI is InChI=1S/C37H35N3O8S/c1-13-9-15-19-22-24-20(31(43)32(47-7)25(22)18(13)14(2)41)16(42)10-17(46-6)21(24)26-23(19)27(29-28(15)38-11-36(3,4)39-29)30-34(33(26)48-8)49-12-37(5,40-30)35(44)45/h9-10,18,38-39,43H,11-12H2,1-8H3,(H,44,45). The predicted molar refractivity (Wildman–Crippen MR) is 190 cm³/mol. The highest BCUT2D eigenvalue weighted by atomic mass is 32.2. The third-order valence-corrected chi connectivity index (χ3v) is 11.7. The quantitative estimate of drug-likeness (QED) is 0.144. The van der Waals surface area contributed by atoms with Crippen molar-refractivity contribution in [1.82, 2.24) is 0 Å². The lowest BCUT2D eigenvalue weighted by Gasteiger charge is -2.38. The number of carboxylic acid groups (broad SMARTS) is 1. The first-order valence-electron chi connectivity index (χ1n) is 15.9. The number of hydrogen-bond donors (Lipinski definition) is 4. The van der Waals surface area contributed by atoms with Gasteiger partial charge in [-0.3, -0.25) is 14.6 Å². The Hall–Kier alpha value is -4.97. The van der Waals surface area contributed by atoms with Gasteiger partial charge in [0, 0.05) is 67.5 Å². The van der Waals surface area contributed by atoms with E-state index in [1.54, 1.807) is 14.0 Å². The number of methoxy groups -OCH3 is 3. The summed E-state index contributed by atoms with van der Waals surface area (Å²) in [6.45, 7) is 9.70. The van der Waals surface area contributed by atoms with Gasteiger partial charge in [0.2, 0.25) is 0 Å². The number of benzene rings is 4. The summed E-state index contributed by atoms with van der Waals surface area (Å²) in [6, 6.07) is 0. The summed E-state index contributed by atoms with van der Waals surface area (Å²) >= 11 is 1.35. The molecule has 2 aliphatic heterocycles. The molecule has 0 saturated heterocycles. The van der Waals surface area contributed by atoms with E-state index in [1.807, 2.05) is 13.0 Å². The Morgan fingerprint density at radius 2 is 1.65 bits per heavy atom. The van der Waals surface area contributed by atoms with E-state index in [1.165, 1.54) is 39.0 Å². The fraction of sp³-hybridized carbons (Fsp3) is 0.351. The van der Waals surface area contributed by atoms with Gasteiger partial charge in [0.15, 0.2) is 22.8 Å². The van der Waals surface area contributed by atoms with E-state index >= 15 is 0 Å². The fourth-order valence-electron chi connectivity index (χ4n) is 8.21. The van der Waals surface area contributed by atoms with Gasteiger partial charge in [-0.15, -0.1) is 11.8 Å². The van der Waals surface area contributed by atoms with E-state index in [4.69, 9.17) is 19.2 Å². The molecule has 0 radical (unpaired) electrons. The van der Waals surface area contributed by atoms with Crippen LogP contribution in [0.5, 0.6) is 17.2 Å². The molecular weight excluding hydrogens is 646 g/mol. The number of carbonyl (C=O) groups is 3. The molecule has 0 spiro atoms. The molecule has 0 bridgehead atoms. The van der Waals surface area contributed by atoms with Crippen LogP contribution in [-0.4, -0.2) is 72.5 Å². The molecular formula is C37H35N3O8S. The lowest BCUT2D eigenvalue weighted by atomic mass is 9.77. The van der Waals surface area contributed by atoms with E-state index in [0.717, 1.165) is 22.5 Å². The largest absolute Gasteiger partial charge is 0.504 e. The Balaban J connectivity index is 1.82. The summed E-state index contributed by atoms with van der Waals surface area (Å²) in [5, 5.41) is 33.8. The number of carbonyl (C=O) groups excluding carboxylic acids is 2. The van der Waals surface area contributed by atoms with Gasteiger partial charge in [0.05, 0.1) is 54.4 Å². The molecule has 0 fully saturated rings. The molecule has 4 aromatic carbocycles. The van der Waals surface area contributed by atoms with Crippen molar-refractivity contribution in [2.45, 2.75) is 56.5 Å². The fourth-order valence-corrected chi connectivity index (χ4v) is 9.42. The number of fused-ring (bicyclic) bond motifs is 6. The van der Waals surface area contributed by atoms with Crippen LogP contribution < -0.4 is 25.5 Å². The zero-order valence-corrected chi connectivity index (χ0v) is 29.2. The Kier molecular flexibility index (Phi) is 6.41. The third-order valence-electron chi connectivity index (χ3n) is 10.3. The number of hydrogen-bond acceptors (Lipinski definition) is 11. The van der Waals surface area contributed by atoms with Gasteiger partial charge < -0.3 is 35.1 Å². The molecule has 2 atom stereocenters. The number of Topliss-reactive ketones (excluding diaryl/α,β-unsaturated/α-hetero) is 1. The number of aromatic hydroxyl groups is 1. The maximum atomic E-state index is 13.9. The van der Waals surface area contributed by atoms with Crippen LogP contribution in [0, 0.1) is 0 Å². The number of phenols is 1. The van der Waals surface area contributed by atoms with Crippen molar-refractivity contribution in [3.8, 4) is 17.2 Å². The second-order valence-electron chi connectivity index (χ2n) is 14.0. The number of nitrogens with one attached hydrogen (secondary N) is 2. The number of anilines is 2. The topological polar surface area (TPSA) is 156 Å². The van der Waals surface area contributed by atoms with Gasteiger partial charge in [0.25, 0.3) is 0 Å². The molecule has 2 aliphatic carbocycles. The summed E-state index contributed by atoms with van der Waals surface area (Å²) in [5.74, 6) is -1.95. The maximum Gasteiger partial charge on any atom is 0.332 e. The van der Waals surface area contributed by atoms with Crippen molar-refractivity contribution in [3.63, 3.8) is 0 Å². The highest BCUT2D eigenvalue weighted by Gasteiger charge is 2.43. The minimum atomic E-state index is -1.43. The first-order chi connectivity index (χ1) is 23.2. The van der Waals surface area contributed by atoms with Crippen LogP contribution in [-0.2, 0) is 14.3 Å². The van der Waals surface area contributed by atoms with Crippen molar-refractivity contribution < 1.29 is 38.8 Å². The number of ketones is 2. The van der Waals surface area contributed by atoms with Crippen molar-refractivity contribution in [3.05, 3.63) is 39.3 Å². The van der Waals surface area contributed by atoms with Gasteiger partial charge >= 0.3 is 5.97 Å². The lowest BCUT2D eigenvalue weighted by molar-refractivity contribution is -0.141. The number of allylic oxidation sites excluding steroid dienone is 2. The van der Waals surface area contributed by atoms with Gasteiger partial charge in [-0.25, -0.2) is 4.79 Å². The molecule has 12 heteroatoms. The van der Waals surface area contributed by atoms with Gasteiger partial charge in [0.1, 0.15) is 17.3 Å². The first kappa shape index (κ1) is 31.3. The number of ether oxygens (including phenoxy) is 3. The average molecular weight is 682 g/mol. The van der Waals surface area contributed by atoms with E-state index in [9.17, 15) is 24.6 Å². The van der Waals surface area contributed by atoms with Crippen LogP contribution in [0.2, 0.25) is 0 Å². The average Bonchev–Trinajstić information content (AvgIpc) is 3.17. The monoisotopic (exact) mass is 681 g/mol. The molecule has 0 saturated carbocycles. The summed E-state index contributed by atoms with van der Waals surface area (Å²) in [7, 11) is 4.45. The van der Waals surface area contributed by atoms with Gasteiger partial charge in [-0.05, 0) is 40.0 Å². The number of thioether (sulfide) groups is 1. The Labute approximate surface area is 285 Å². The number of aliphatic carboxylic acids is 1. The Morgan fingerprint density at radius 1 is 0.939 bits per heavy atom. The van der Waals surface area contributed by atoms with E-state index in [2.05, 4.69) is 24.5 Å². The SMILES string of the molecule is COC1=CC(=O)c2c(O)c(OC)c3c4c2c1c1c(OC)c2c(c5c6c(c(c4c15)C=C(C)C3C(C)=O)NCC(C)(C)N6)=NC(C)(C(=O)O)CS2. The third kappa shape index (κ3) is 3.86. The summed E-state index contributed by atoms with van der Waals surface area (Å²) in [5.41, 5.74) is 2.14. The Morgan fingerprint density at radius 3 is 2.29 bits per heavy atom. The molecule has 0 aromatic heterocycles.